The van der Waals surface area contributed by atoms with E-state index in [1.54, 1.807) is 18.2 Å². The summed E-state index contributed by atoms with van der Waals surface area (Å²) in [7, 11) is 1.26. The Morgan fingerprint density at radius 2 is 2.00 bits per heavy atom. The number of nitrogen functional groups attached to an aromatic ring is 1. The molecule has 0 atom stereocenters. The summed E-state index contributed by atoms with van der Waals surface area (Å²) < 4.78 is 10.1. The Kier molecular flexibility index (Phi) is 5.58. The van der Waals surface area contributed by atoms with Crippen LogP contribution in [0.5, 0.6) is 5.75 Å². The van der Waals surface area contributed by atoms with Gasteiger partial charge in [-0.2, -0.15) is 0 Å². The van der Waals surface area contributed by atoms with Crippen LogP contribution in [0.15, 0.2) is 18.2 Å². The molecule has 0 aliphatic heterocycles. The minimum Gasteiger partial charge on any atom is -0.483 e. The number of hydrogen-bond donors (Lipinski definition) is 2. The molecule has 0 saturated heterocycles. The molecule has 1 amide bonds. The van der Waals surface area contributed by atoms with Crippen molar-refractivity contribution in [1.29, 1.82) is 0 Å². The maximum atomic E-state index is 11.8. The number of hydrogen-bond acceptors (Lipinski definition) is 5. The zero-order valence-electron chi connectivity index (χ0n) is 12.9. The Morgan fingerprint density at radius 3 is 2.57 bits per heavy atom. The topological polar surface area (TPSA) is 90.6 Å². The van der Waals surface area contributed by atoms with Gasteiger partial charge in [0.25, 0.3) is 5.91 Å². The maximum absolute atomic E-state index is 11.8. The Balaban J connectivity index is 2.78. The summed E-state index contributed by atoms with van der Waals surface area (Å²) in [6.07, 6.45) is 0.796. The van der Waals surface area contributed by atoms with Crippen LogP contribution >= 0.6 is 0 Å². The monoisotopic (exact) mass is 294 g/mol. The highest BCUT2D eigenvalue weighted by atomic mass is 16.5. The molecule has 3 N–H and O–H groups in total. The molecule has 1 aromatic carbocycles. The lowest BCUT2D eigenvalue weighted by Crippen LogP contribution is -2.45. The average molecular weight is 294 g/mol. The SMILES string of the molecule is CCC(C)(C)NC(=O)COc1cccc(N)c1C(=O)OC. The molecule has 0 aromatic heterocycles. The van der Waals surface area contributed by atoms with E-state index in [1.807, 2.05) is 20.8 Å². The second-order valence-corrected chi connectivity index (χ2v) is 5.29. The Labute approximate surface area is 124 Å². The van der Waals surface area contributed by atoms with Crippen LogP contribution in [0.2, 0.25) is 0 Å². The van der Waals surface area contributed by atoms with Crippen LogP contribution in [0, 0.1) is 0 Å². The normalized spacial score (nSPS) is 10.9. The highest BCUT2D eigenvalue weighted by Crippen LogP contribution is 2.25. The number of nitrogens with one attached hydrogen (secondary N) is 1. The van der Waals surface area contributed by atoms with E-state index >= 15 is 0 Å². The van der Waals surface area contributed by atoms with Crippen LogP contribution in [0.1, 0.15) is 37.6 Å². The first kappa shape index (κ1) is 16.8. The lowest BCUT2D eigenvalue weighted by Gasteiger charge is -2.24. The Morgan fingerprint density at radius 1 is 1.33 bits per heavy atom. The third-order valence-corrected chi connectivity index (χ3v) is 3.17. The van der Waals surface area contributed by atoms with Crippen molar-refractivity contribution in [3.8, 4) is 5.75 Å². The fourth-order valence-electron chi connectivity index (χ4n) is 1.63. The zero-order valence-corrected chi connectivity index (χ0v) is 12.9. The van der Waals surface area contributed by atoms with Gasteiger partial charge in [-0.3, -0.25) is 4.79 Å². The summed E-state index contributed by atoms with van der Waals surface area (Å²) in [5, 5.41) is 2.84. The van der Waals surface area contributed by atoms with Crippen molar-refractivity contribution in [1.82, 2.24) is 5.32 Å². The van der Waals surface area contributed by atoms with E-state index in [-0.39, 0.29) is 35.1 Å². The van der Waals surface area contributed by atoms with E-state index in [0.717, 1.165) is 6.42 Å². The first-order valence-corrected chi connectivity index (χ1v) is 6.71. The predicted molar refractivity (Wildman–Crippen MR) is 80.2 cm³/mol. The second kappa shape index (κ2) is 6.97. The van der Waals surface area contributed by atoms with E-state index < -0.39 is 5.97 Å². The molecule has 1 rings (SSSR count). The summed E-state index contributed by atoms with van der Waals surface area (Å²) in [5.41, 5.74) is 5.81. The van der Waals surface area contributed by atoms with E-state index in [1.165, 1.54) is 7.11 Å². The molecule has 0 bridgehead atoms. The molecule has 6 nitrogen and oxygen atoms in total. The van der Waals surface area contributed by atoms with Gasteiger partial charge >= 0.3 is 5.97 Å². The van der Waals surface area contributed by atoms with Gasteiger partial charge in [-0.25, -0.2) is 4.79 Å². The van der Waals surface area contributed by atoms with Crippen molar-refractivity contribution in [3.63, 3.8) is 0 Å². The van der Waals surface area contributed by atoms with Gasteiger partial charge in [0, 0.05) is 11.2 Å². The fraction of sp³-hybridized carbons (Fsp3) is 0.467. The van der Waals surface area contributed by atoms with E-state index in [9.17, 15) is 9.59 Å². The molecular formula is C15H22N2O4. The standard InChI is InChI=1S/C15H22N2O4/c1-5-15(2,3)17-12(18)9-21-11-8-6-7-10(16)13(11)14(19)20-4/h6-8H,5,9,16H2,1-4H3,(H,17,18). The van der Waals surface area contributed by atoms with Crippen molar-refractivity contribution in [2.45, 2.75) is 32.7 Å². The van der Waals surface area contributed by atoms with Gasteiger partial charge in [-0.1, -0.05) is 13.0 Å². The van der Waals surface area contributed by atoms with Gasteiger partial charge in [-0.15, -0.1) is 0 Å². The number of amides is 1. The zero-order chi connectivity index (χ0) is 16.0. The van der Waals surface area contributed by atoms with E-state index in [4.69, 9.17) is 10.5 Å². The lowest BCUT2D eigenvalue weighted by molar-refractivity contribution is -0.124. The van der Waals surface area contributed by atoms with Crippen LogP contribution < -0.4 is 15.8 Å². The number of nitrogens with two attached hydrogens (primary N) is 1. The van der Waals surface area contributed by atoms with E-state index in [0.29, 0.717) is 0 Å². The van der Waals surface area contributed by atoms with Gasteiger partial charge in [-0.05, 0) is 32.4 Å². The van der Waals surface area contributed by atoms with Gasteiger partial charge in [0.2, 0.25) is 0 Å². The van der Waals surface area contributed by atoms with E-state index in [2.05, 4.69) is 10.1 Å². The van der Waals surface area contributed by atoms with Crippen LogP contribution in [-0.4, -0.2) is 31.1 Å². The van der Waals surface area contributed by atoms with Gasteiger partial charge < -0.3 is 20.5 Å². The summed E-state index contributed by atoms with van der Waals surface area (Å²) in [6.45, 7) is 5.63. The summed E-state index contributed by atoms with van der Waals surface area (Å²) in [5.74, 6) is -0.635. The molecule has 0 unspecified atom stereocenters. The Bertz CT molecular complexity index is 526. The van der Waals surface area contributed by atoms with Crippen LogP contribution in [-0.2, 0) is 9.53 Å². The summed E-state index contributed by atoms with van der Waals surface area (Å²) in [6, 6.07) is 4.78. The van der Waals surface area contributed by atoms with Gasteiger partial charge in [0.1, 0.15) is 11.3 Å². The summed E-state index contributed by atoms with van der Waals surface area (Å²) in [4.78, 5) is 23.5. The number of anilines is 1. The minimum atomic E-state index is -0.600. The Hall–Kier alpha value is -2.24. The van der Waals surface area contributed by atoms with Crippen LogP contribution in [0.4, 0.5) is 5.69 Å². The molecule has 0 radical (unpaired) electrons. The largest absolute Gasteiger partial charge is 0.483 e. The molecule has 0 fully saturated rings. The third-order valence-electron chi connectivity index (χ3n) is 3.17. The molecule has 0 aliphatic rings. The second-order valence-electron chi connectivity index (χ2n) is 5.29. The summed E-state index contributed by atoms with van der Waals surface area (Å²) >= 11 is 0. The lowest BCUT2D eigenvalue weighted by atomic mass is 10.0. The first-order valence-electron chi connectivity index (χ1n) is 6.71. The molecule has 21 heavy (non-hydrogen) atoms. The van der Waals surface area contributed by atoms with Crippen molar-refractivity contribution < 1.29 is 19.1 Å². The highest BCUT2D eigenvalue weighted by molar-refractivity contribution is 5.98. The number of methoxy groups -OCH3 is 1. The molecule has 0 aliphatic carbocycles. The predicted octanol–water partition coefficient (Wildman–Crippen LogP) is 1.74. The van der Waals surface area contributed by atoms with Crippen molar-refractivity contribution in [2.75, 3.05) is 19.5 Å². The van der Waals surface area contributed by atoms with Crippen LogP contribution in [0.3, 0.4) is 0 Å². The first-order chi connectivity index (χ1) is 9.80. The quantitative estimate of drug-likeness (QED) is 0.616. The van der Waals surface area contributed by atoms with Crippen molar-refractivity contribution in [3.05, 3.63) is 23.8 Å². The molecule has 1 aromatic rings. The highest BCUT2D eigenvalue weighted by Gasteiger charge is 2.20. The minimum absolute atomic E-state index is 0.127. The maximum Gasteiger partial charge on any atom is 0.343 e. The molecule has 116 valence electrons. The fourth-order valence-corrected chi connectivity index (χ4v) is 1.63. The smallest absolute Gasteiger partial charge is 0.343 e. The number of carbonyl (C=O) groups excluding carboxylic acids is 2. The molecule has 0 heterocycles. The molecular weight excluding hydrogens is 272 g/mol. The average Bonchev–Trinajstić information content (AvgIpc) is 2.44. The third kappa shape index (κ3) is 4.66. The van der Waals surface area contributed by atoms with Crippen molar-refractivity contribution >= 4 is 17.6 Å². The van der Waals surface area contributed by atoms with Gasteiger partial charge in [0.15, 0.2) is 6.61 Å². The number of carbonyl (C=O) groups is 2. The number of rotatable bonds is 6. The van der Waals surface area contributed by atoms with Crippen LogP contribution in [0.25, 0.3) is 0 Å². The number of benzene rings is 1. The number of esters is 1. The van der Waals surface area contributed by atoms with Crippen molar-refractivity contribution in [2.24, 2.45) is 0 Å². The number of ether oxygens (including phenoxy) is 2. The van der Waals surface area contributed by atoms with Gasteiger partial charge in [0.05, 0.1) is 7.11 Å². The molecule has 0 saturated carbocycles. The molecule has 0 spiro atoms. The molecule has 6 heteroatoms.